The Morgan fingerprint density at radius 2 is 2.00 bits per heavy atom. The molecule has 0 spiro atoms. The van der Waals surface area contributed by atoms with Gasteiger partial charge in [-0.3, -0.25) is 0 Å². The number of carbonyl (C=O) groups is 1. The quantitative estimate of drug-likeness (QED) is 0.467. The van der Waals surface area contributed by atoms with Gasteiger partial charge in [0.05, 0.1) is 12.2 Å². The van der Waals surface area contributed by atoms with Crippen molar-refractivity contribution in [3.8, 4) is 0 Å². The van der Waals surface area contributed by atoms with Gasteiger partial charge in [0.15, 0.2) is 0 Å². The minimum atomic E-state index is -0.273. The second kappa shape index (κ2) is 8.53. The van der Waals surface area contributed by atoms with E-state index in [-0.39, 0.29) is 5.97 Å². The second-order valence-electron chi connectivity index (χ2n) is 4.39. The Bertz CT molecular complexity index is 378. The molecule has 106 valence electrons. The Labute approximate surface area is 115 Å². The first-order valence-electron chi connectivity index (χ1n) is 6.83. The molecule has 0 saturated carbocycles. The fourth-order valence-electron chi connectivity index (χ4n) is 1.92. The number of esters is 1. The van der Waals surface area contributed by atoms with Gasteiger partial charge in [-0.05, 0) is 32.9 Å². The van der Waals surface area contributed by atoms with Gasteiger partial charge in [0.25, 0.3) is 0 Å². The highest BCUT2D eigenvalue weighted by molar-refractivity contribution is 5.91. The molecule has 1 aliphatic heterocycles. The predicted octanol–water partition coefficient (Wildman–Crippen LogP) is 1.86. The molecule has 0 aromatic heterocycles. The van der Waals surface area contributed by atoms with Gasteiger partial charge in [0.2, 0.25) is 0 Å². The lowest BCUT2D eigenvalue weighted by Gasteiger charge is -2.29. The Hall–Kier alpha value is -1.55. The lowest BCUT2D eigenvalue weighted by Crippen LogP contribution is -2.42. The molecular formula is C15H24N2O2. The summed E-state index contributed by atoms with van der Waals surface area (Å²) < 4.78 is 5.02. The van der Waals surface area contributed by atoms with Crippen LogP contribution < -0.4 is 5.32 Å². The molecule has 1 N–H and O–H groups in total. The van der Waals surface area contributed by atoms with E-state index in [1.807, 2.05) is 32.1 Å². The number of ether oxygens (including phenoxy) is 1. The van der Waals surface area contributed by atoms with Gasteiger partial charge in [-0.25, -0.2) is 4.79 Å². The largest absolute Gasteiger partial charge is 0.462 e. The number of hydrogen-bond donors (Lipinski definition) is 1. The van der Waals surface area contributed by atoms with Crippen molar-refractivity contribution in [2.45, 2.75) is 20.8 Å². The van der Waals surface area contributed by atoms with Gasteiger partial charge >= 0.3 is 5.97 Å². The zero-order chi connectivity index (χ0) is 14.1. The fourth-order valence-corrected chi connectivity index (χ4v) is 1.92. The molecule has 1 aliphatic rings. The third-order valence-electron chi connectivity index (χ3n) is 2.98. The monoisotopic (exact) mass is 264 g/mol. The summed E-state index contributed by atoms with van der Waals surface area (Å²) in [5.41, 5.74) is 1.76. The van der Waals surface area contributed by atoms with E-state index < -0.39 is 0 Å². The molecule has 0 atom stereocenters. The maximum absolute atomic E-state index is 11.7. The molecule has 1 heterocycles. The van der Waals surface area contributed by atoms with E-state index >= 15 is 0 Å². The summed E-state index contributed by atoms with van der Waals surface area (Å²) in [5, 5.41) is 3.32. The van der Waals surface area contributed by atoms with Crippen LogP contribution in [0, 0.1) is 0 Å². The summed E-state index contributed by atoms with van der Waals surface area (Å²) in [6.45, 7) is 10.2. The van der Waals surface area contributed by atoms with Gasteiger partial charge in [-0.2, -0.15) is 0 Å². The van der Waals surface area contributed by atoms with Crippen molar-refractivity contribution in [3.05, 3.63) is 35.6 Å². The molecular weight excluding hydrogens is 240 g/mol. The first-order chi connectivity index (χ1) is 9.19. The molecule has 1 saturated heterocycles. The number of nitrogens with zero attached hydrogens (tertiary/aromatic N) is 1. The Morgan fingerprint density at radius 1 is 1.32 bits per heavy atom. The van der Waals surface area contributed by atoms with E-state index in [9.17, 15) is 4.79 Å². The number of hydrogen-bond acceptors (Lipinski definition) is 4. The molecule has 0 aliphatic carbocycles. The van der Waals surface area contributed by atoms with E-state index in [1.165, 1.54) is 5.70 Å². The van der Waals surface area contributed by atoms with Gasteiger partial charge in [0, 0.05) is 31.9 Å². The molecule has 1 rings (SSSR count). The van der Waals surface area contributed by atoms with Crippen LogP contribution in [0.2, 0.25) is 0 Å². The summed E-state index contributed by atoms with van der Waals surface area (Å²) in [6, 6.07) is 0. The first kappa shape index (κ1) is 15.5. The van der Waals surface area contributed by atoms with Gasteiger partial charge < -0.3 is 15.0 Å². The maximum Gasteiger partial charge on any atom is 0.338 e. The van der Waals surface area contributed by atoms with Gasteiger partial charge in [-0.1, -0.05) is 12.2 Å². The van der Waals surface area contributed by atoms with E-state index in [0.717, 1.165) is 26.2 Å². The number of allylic oxidation sites excluding steroid dienone is 4. The lowest BCUT2D eigenvalue weighted by atomic mass is 10.2. The van der Waals surface area contributed by atoms with E-state index in [1.54, 1.807) is 6.08 Å². The average molecular weight is 264 g/mol. The minimum Gasteiger partial charge on any atom is -0.462 e. The van der Waals surface area contributed by atoms with Crippen molar-refractivity contribution in [1.29, 1.82) is 0 Å². The summed E-state index contributed by atoms with van der Waals surface area (Å²) in [7, 11) is 0. The lowest BCUT2D eigenvalue weighted by molar-refractivity contribution is -0.138. The Kier molecular flexibility index (Phi) is 6.97. The molecule has 0 aromatic rings. The van der Waals surface area contributed by atoms with Crippen LogP contribution in [0.4, 0.5) is 0 Å². The van der Waals surface area contributed by atoms with Crippen LogP contribution in [-0.4, -0.2) is 43.7 Å². The predicted molar refractivity (Wildman–Crippen MR) is 77.7 cm³/mol. The molecule has 0 unspecified atom stereocenters. The summed E-state index contributed by atoms with van der Waals surface area (Å²) in [4.78, 5) is 14.0. The zero-order valence-electron chi connectivity index (χ0n) is 12.1. The molecule has 1 fully saturated rings. The molecule has 0 radical (unpaired) electrons. The van der Waals surface area contributed by atoms with Crippen molar-refractivity contribution in [3.63, 3.8) is 0 Å². The smallest absolute Gasteiger partial charge is 0.338 e. The molecule has 4 nitrogen and oxygen atoms in total. The summed E-state index contributed by atoms with van der Waals surface area (Å²) in [6.07, 6.45) is 7.43. The van der Waals surface area contributed by atoms with Crippen molar-refractivity contribution in [2.24, 2.45) is 0 Å². The van der Waals surface area contributed by atoms with Crippen molar-refractivity contribution >= 4 is 5.97 Å². The zero-order valence-corrected chi connectivity index (χ0v) is 12.1. The number of nitrogens with one attached hydrogen (secondary N) is 1. The molecule has 0 bridgehead atoms. The topological polar surface area (TPSA) is 41.6 Å². The average Bonchev–Trinajstić information content (AvgIpc) is 2.44. The van der Waals surface area contributed by atoms with Crippen LogP contribution >= 0.6 is 0 Å². The van der Waals surface area contributed by atoms with E-state index in [4.69, 9.17) is 4.74 Å². The van der Waals surface area contributed by atoms with Crippen LogP contribution in [0.3, 0.4) is 0 Å². The van der Waals surface area contributed by atoms with Crippen LogP contribution in [-0.2, 0) is 9.53 Å². The fraction of sp³-hybridized carbons (Fsp3) is 0.533. The Balaban J connectivity index is 2.74. The van der Waals surface area contributed by atoms with Crippen molar-refractivity contribution in [1.82, 2.24) is 10.2 Å². The normalized spacial score (nSPS) is 17.9. The first-order valence-corrected chi connectivity index (χ1v) is 6.83. The van der Waals surface area contributed by atoms with Gasteiger partial charge in [-0.15, -0.1) is 0 Å². The van der Waals surface area contributed by atoms with Gasteiger partial charge in [0.1, 0.15) is 0 Å². The van der Waals surface area contributed by atoms with E-state index in [2.05, 4.69) is 17.1 Å². The summed E-state index contributed by atoms with van der Waals surface area (Å²) in [5.74, 6) is -0.273. The third-order valence-corrected chi connectivity index (χ3v) is 2.98. The number of carbonyl (C=O) groups excluding carboxylic acids is 1. The molecule has 0 aromatic carbocycles. The Morgan fingerprint density at radius 3 is 2.58 bits per heavy atom. The van der Waals surface area contributed by atoms with Crippen molar-refractivity contribution < 1.29 is 9.53 Å². The molecule has 4 heteroatoms. The van der Waals surface area contributed by atoms with Crippen molar-refractivity contribution in [2.75, 3.05) is 32.8 Å². The van der Waals surface area contributed by atoms with Crippen LogP contribution in [0.5, 0.6) is 0 Å². The summed E-state index contributed by atoms with van der Waals surface area (Å²) >= 11 is 0. The van der Waals surface area contributed by atoms with Crippen LogP contribution in [0.25, 0.3) is 0 Å². The molecule has 19 heavy (non-hydrogen) atoms. The highest BCUT2D eigenvalue weighted by Gasteiger charge is 2.09. The second-order valence-corrected chi connectivity index (χ2v) is 4.39. The standard InChI is InChI=1S/C15H24N2O2/c1-4-6-14(15(18)19-5-2)8-7-13(3)17-11-9-16-10-12-17/h4,6-8,16H,5,9-12H2,1-3H3/b6-4-,13-7+,14-8+. The van der Waals surface area contributed by atoms with Crippen LogP contribution in [0.1, 0.15) is 20.8 Å². The molecule has 0 amide bonds. The van der Waals surface area contributed by atoms with Crippen LogP contribution in [0.15, 0.2) is 35.6 Å². The SMILES string of the molecule is C\C=C/C(=C\C=C(/C)N1CCNCC1)C(=O)OCC. The highest BCUT2D eigenvalue weighted by Crippen LogP contribution is 2.08. The van der Waals surface area contributed by atoms with E-state index in [0.29, 0.717) is 12.2 Å². The number of rotatable bonds is 5. The highest BCUT2D eigenvalue weighted by atomic mass is 16.5. The minimum absolute atomic E-state index is 0.273. The third kappa shape index (κ3) is 5.30. The maximum atomic E-state index is 11.7. The number of piperazine rings is 1.